The lowest BCUT2D eigenvalue weighted by Crippen LogP contribution is -2.31. The van der Waals surface area contributed by atoms with E-state index in [9.17, 15) is 14.7 Å². The Bertz CT molecular complexity index is 787. The van der Waals surface area contributed by atoms with Crippen molar-refractivity contribution in [2.24, 2.45) is 5.41 Å². The maximum atomic E-state index is 12.5. The predicted octanol–water partition coefficient (Wildman–Crippen LogP) is 3.82. The van der Waals surface area contributed by atoms with E-state index in [1.54, 1.807) is 0 Å². The molecule has 1 aliphatic carbocycles. The van der Waals surface area contributed by atoms with E-state index < -0.39 is 12.0 Å². The summed E-state index contributed by atoms with van der Waals surface area (Å²) in [7, 11) is 0. The molecule has 1 aliphatic rings. The molecule has 1 N–H and O–H groups in total. The number of carbonyl (C=O) groups excluding carboxylic acids is 1. The van der Waals surface area contributed by atoms with E-state index in [0.717, 1.165) is 23.4 Å². The summed E-state index contributed by atoms with van der Waals surface area (Å²) >= 11 is 0. The van der Waals surface area contributed by atoms with Gasteiger partial charge in [0.15, 0.2) is 5.78 Å². The van der Waals surface area contributed by atoms with Crippen LogP contribution in [0.25, 0.3) is 0 Å². The van der Waals surface area contributed by atoms with Crippen LogP contribution in [0.3, 0.4) is 0 Å². The first-order chi connectivity index (χ1) is 11.3. The summed E-state index contributed by atoms with van der Waals surface area (Å²) in [5.41, 5.74) is 3.26. The third kappa shape index (κ3) is 3.01. The van der Waals surface area contributed by atoms with Crippen molar-refractivity contribution in [3.05, 3.63) is 58.9 Å². The molecule has 1 aromatic heterocycles. The molecule has 0 radical (unpaired) electrons. The molecule has 0 bridgehead atoms. The second kappa shape index (κ2) is 5.93. The largest absolute Gasteiger partial charge is 0.480 e. The van der Waals surface area contributed by atoms with Gasteiger partial charge in [-0.25, -0.2) is 4.79 Å². The number of hydrogen-bond donors (Lipinski definition) is 1. The summed E-state index contributed by atoms with van der Waals surface area (Å²) in [6.07, 6.45) is 1.65. The number of hydrogen-bond acceptors (Lipinski definition) is 2. The van der Waals surface area contributed by atoms with Crippen molar-refractivity contribution in [2.75, 3.05) is 0 Å². The van der Waals surface area contributed by atoms with Gasteiger partial charge in [-0.2, -0.15) is 0 Å². The summed E-state index contributed by atoms with van der Waals surface area (Å²) in [5, 5.41) is 9.82. The molecule has 4 heteroatoms. The molecule has 0 amide bonds. The number of aliphatic carboxylic acids is 1. The van der Waals surface area contributed by atoms with Crippen LogP contribution in [0, 0.1) is 12.3 Å². The highest BCUT2D eigenvalue weighted by atomic mass is 16.4. The van der Waals surface area contributed by atoms with Gasteiger partial charge in [-0.15, -0.1) is 0 Å². The van der Waals surface area contributed by atoms with Gasteiger partial charge >= 0.3 is 5.97 Å². The number of carboxylic acids is 1. The molecule has 0 saturated carbocycles. The molecule has 24 heavy (non-hydrogen) atoms. The monoisotopic (exact) mass is 325 g/mol. The average Bonchev–Trinajstić information content (AvgIpc) is 2.81. The van der Waals surface area contributed by atoms with Crippen molar-refractivity contribution in [2.45, 2.75) is 46.1 Å². The van der Waals surface area contributed by atoms with Gasteiger partial charge in [-0.3, -0.25) is 4.79 Å². The minimum atomic E-state index is -0.865. The van der Waals surface area contributed by atoms with E-state index in [1.807, 2.05) is 47.9 Å². The molecular weight excluding hydrogens is 302 g/mol. The van der Waals surface area contributed by atoms with E-state index in [4.69, 9.17) is 0 Å². The van der Waals surface area contributed by atoms with Crippen molar-refractivity contribution >= 4 is 11.8 Å². The van der Waals surface area contributed by atoms with Gasteiger partial charge in [0.1, 0.15) is 6.04 Å². The van der Waals surface area contributed by atoms with Gasteiger partial charge in [0, 0.05) is 29.8 Å². The first-order valence-corrected chi connectivity index (χ1v) is 8.29. The van der Waals surface area contributed by atoms with Crippen LogP contribution in [-0.2, 0) is 17.6 Å². The van der Waals surface area contributed by atoms with Crippen molar-refractivity contribution < 1.29 is 14.7 Å². The standard InChI is InChI=1S/C20H23NO3/c1-13-9-15-17(11-20(2,3)12-18(15)22)21(13)16(19(23)24)10-14-7-5-4-6-8-14/h4-9,16H,10-12H2,1-3H3,(H,23,24). The lowest BCUT2D eigenvalue weighted by Gasteiger charge is -2.31. The lowest BCUT2D eigenvalue weighted by molar-refractivity contribution is -0.141. The fourth-order valence-electron chi connectivity index (χ4n) is 3.73. The van der Waals surface area contributed by atoms with Crippen molar-refractivity contribution in [1.82, 2.24) is 4.57 Å². The molecule has 1 atom stereocenters. The Labute approximate surface area is 142 Å². The topological polar surface area (TPSA) is 59.3 Å². The first kappa shape index (κ1) is 16.5. The van der Waals surface area contributed by atoms with Gasteiger partial charge in [-0.1, -0.05) is 44.2 Å². The summed E-state index contributed by atoms with van der Waals surface area (Å²) in [4.78, 5) is 24.4. The second-order valence-electron chi connectivity index (χ2n) is 7.50. The summed E-state index contributed by atoms with van der Waals surface area (Å²) in [6, 6.07) is 10.8. The third-order valence-electron chi connectivity index (χ3n) is 4.79. The zero-order chi connectivity index (χ0) is 17.5. The number of aryl methyl sites for hydroxylation is 1. The number of aromatic nitrogens is 1. The summed E-state index contributed by atoms with van der Waals surface area (Å²) in [6.45, 7) is 6.01. The highest BCUT2D eigenvalue weighted by molar-refractivity contribution is 5.99. The highest BCUT2D eigenvalue weighted by Crippen LogP contribution is 2.38. The number of nitrogens with zero attached hydrogens (tertiary/aromatic N) is 1. The van der Waals surface area contributed by atoms with Crippen LogP contribution in [0.5, 0.6) is 0 Å². The molecule has 0 spiro atoms. The van der Waals surface area contributed by atoms with Crippen LogP contribution in [0.4, 0.5) is 0 Å². The number of Topliss-reactive ketones (excluding diaryl/α,β-unsaturated/α-hetero) is 1. The number of fused-ring (bicyclic) bond motifs is 1. The van der Waals surface area contributed by atoms with Gasteiger partial charge < -0.3 is 9.67 Å². The number of rotatable bonds is 4. The maximum absolute atomic E-state index is 12.5. The van der Waals surface area contributed by atoms with Gasteiger partial charge in [0.25, 0.3) is 0 Å². The second-order valence-corrected chi connectivity index (χ2v) is 7.50. The number of ketones is 1. The Balaban J connectivity index is 2.06. The van der Waals surface area contributed by atoms with E-state index in [2.05, 4.69) is 13.8 Å². The molecule has 2 aromatic rings. The molecule has 0 saturated heterocycles. The van der Waals surface area contributed by atoms with Crippen molar-refractivity contribution in [3.8, 4) is 0 Å². The molecule has 0 aliphatic heterocycles. The lowest BCUT2D eigenvalue weighted by atomic mass is 9.76. The van der Waals surface area contributed by atoms with Gasteiger partial charge in [0.05, 0.1) is 0 Å². The Morgan fingerprint density at radius 3 is 2.54 bits per heavy atom. The Morgan fingerprint density at radius 2 is 1.92 bits per heavy atom. The molecule has 4 nitrogen and oxygen atoms in total. The quantitative estimate of drug-likeness (QED) is 0.929. The fourth-order valence-corrected chi connectivity index (χ4v) is 3.73. The van der Waals surface area contributed by atoms with Crippen LogP contribution in [0.15, 0.2) is 36.4 Å². The molecule has 1 unspecified atom stereocenters. The van der Waals surface area contributed by atoms with Gasteiger partial charge in [-0.05, 0) is 30.4 Å². The van der Waals surface area contributed by atoms with Crippen LogP contribution in [0.1, 0.15) is 53.6 Å². The molecule has 1 heterocycles. The third-order valence-corrected chi connectivity index (χ3v) is 4.79. The fraction of sp³-hybridized carbons (Fsp3) is 0.400. The Kier molecular flexibility index (Phi) is 4.08. The summed E-state index contributed by atoms with van der Waals surface area (Å²) < 4.78 is 1.86. The number of benzene rings is 1. The summed E-state index contributed by atoms with van der Waals surface area (Å²) in [5.74, 6) is -0.747. The minimum Gasteiger partial charge on any atom is -0.480 e. The van der Waals surface area contributed by atoms with E-state index in [0.29, 0.717) is 18.4 Å². The average molecular weight is 325 g/mol. The van der Waals surface area contributed by atoms with E-state index in [1.165, 1.54) is 0 Å². The van der Waals surface area contributed by atoms with E-state index in [-0.39, 0.29) is 11.2 Å². The first-order valence-electron chi connectivity index (χ1n) is 8.29. The van der Waals surface area contributed by atoms with Gasteiger partial charge in [0.2, 0.25) is 0 Å². The predicted molar refractivity (Wildman–Crippen MR) is 92.4 cm³/mol. The van der Waals surface area contributed by atoms with Crippen LogP contribution in [-0.4, -0.2) is 21.4 Å². The van der Waals surface area contributed by atoms with E-state index >= 15 is 0 Å². The van der Waals surface area contributed by atoms with Crippen LogP contribution in [0.2, 0.25) is 0 Å². The number of carboxylic acid groups (broad SMARTS) is 1. The zero-order valence-corrected chi connectivity index (χ0v) is 14.4. The van der Waals surface area contributed by atoms with Crippen molar-refractivity contribution in [3.63, 3.8) is 0 Å². The van der Waals surface area contributed by atoms with Crippen LogP contribution < -0.4 is 0 Å². The molecular formula is C20H23NO3. The SMILES string of the molecule is Cc1cc2c(n1C(Cc1ccccc1)C(=O)O)CC(C)(C)CC2=O. The molecule has 1 aromatic carbocycles. The van der Waals surface area contributed by atoms with Crippen LogP contribution >= 0.6 is 0 Å². The highest BCUT2D eigenvalue weighted by Gasteiger charge is 2.36. The molecule has 126 valence electrons. The Hall–Kier alpha value is -2.36. The number of carbonyl (C=O) groups is 2. The zero-order valence-electron chi connectivity index (χ0n) is 14.4. The van der Waals surface area contributed by atoms with Crippen molar-refractivity contribution in [1.29, 1.82) is 0 Å². The normalized spacial score (nSPS) is 17.4. The maximum Gasteiger partial charge on any atom is 0.327 e. The Morgan fingerprint density at radius 1 is 1.25 bits per heavy atom. The molecule has 0 fully saturated rings. The smallest absolute Gasteiger partial charge is 0.327 e. The minimum absolute atomic E-state index is 0.118. The molecule has 3 rings (SSSR count).